The Kier molecular flexibility index (Phi) is 5.50. The summed E-state index contributed by atoms with van der Waals surface area (Å²) in [5.41, 5.74) is 2.98. The summed E-state index contributed by atoms with van der Waals surface area (Å²) in [6, 6.07) is 13.7. The lowest BCUT2D eigenvalue weighted by Crippen LogP contribution is -2.30. The average Bonchev–Trinajstić information content (AvgIpc) is 2.50. The largest absolute Gasteiger partial charge is 0.481 e. The maximum Gasteiger partial charge on any atom is 0.265 e. The fourth-order valence-electron chi connectivity index (χ4n) is 2.09. The number of rotatable bonds is 5. The molecule has 0 heterocycles. The fraction of sp³-hybridized carbons (Fsp3) is 0.278. The summed E-state index contributed by atoms with van der Waals surface area (Å²) in [7, 11) is 0. The van der Waals surface area contributed by atoms with Crippen LogP contribution in [0.3, 0.4) is 0 Å². The van der Waals surface area contributed by atoms with Crippen LogP contribution in [0.25, 0.3) is 0 Å². The predicted octanol–water partition coefficient (Wildman–Crippen LogP) is 4.43. The molecule has 0 radical (unpaired) electrons. The topological polar surface area (TPSA) is 38.3 Å². The summed E-state index contributed by atoms with van der Waals surface area (Å²) < 4.78 is 5.76. The van der Waals surface area contributed by atoms with E-state index in [1.165, 1.54) is 5.56 Å². The minimum absolute atomic E-state index is 0.156. The van der Waals surface area contributed by atoms with Gasteiger partial charge in [0.15, 0.2) is 6.10 Å². The van der Waals surface area contributed by atoms with E-state index in [2.05, 4.69) is 5.32 Å². The highest BCUT2D eigenvalue weighted by molar-refractivity contribution is 7.98. The third-order valence-corrected chi connectivity index (χ3v) is 4.10. The number of carbonyl (C=O) groups excluding carboxylic acids is 1. The molecule has 22 heavy (non-hydrogen) atoms. The Bertz CT molecular complexity index is 653. The zero-order valence-electron chi connectivity index (χ0n) is 13.3. The van der Waals surface area contributed by atoms with Gasteiger partial charge in [0, 0.05) is 10.6 Å². The van der Waals surface area contributed by atoms with Crippen molar-refractivity contribution in [2.75, 3.05) is 11.6 Å². The van der Waals surface area contributed by atoms with Crippen molar-refractivity contribution in [2.45, 2.75) is 31.8 Å². The van der Waals surface area contributed by atoms with Crippen LogP contribution in [0.1, 0.15) is 18.1 Å². The highest BCUT2D eigenvalue weighted by atomic mass is 32.2. The van der Waals surface area contributed by atoms with Crippen molar-refractivity contribution in [1.82, 2.24) is 0 Å². The van der Waals surface area contributed by atoms with Gasteiger partial charge < -0.3 is 10.1 Å². The van der Waals surface area contributed by atoms with Gasteiger partial charge in [-0.3, -0.25) is 4.79 Å². The molecule has 2 rings (SSSR count). The summed E-state index contributed by atoms with van der Waals surface area (Å²) >= 11 is 1.67. The Morgan fingerprint density at radius 2 is 1.82 bits per heavy atom. The van der Waals surface area contributed by atoms with Crippen molar-refractivity contribution in [1.29, 1.82) is 0 Å². The van der Waals surface area contributed by atoms with E-state index in [0.717, 1.165) is 21.9 Å². The number of anilines is 1. The zero-order valence-corrected chi connectivity index (χ0v) is 14.2. The fourth-order valence-corrected chi connectivity index (χ4v) is 2.50. The molecule has 2 aromatic rings. The molecule has 1 atom stereocenters. The van der Waals surface area contributed by atoms with Crippen LogP contribution >= 0.6 is 11.8 Å². The van der Waals surface area contributed by atoms with Crippen LogP contribution in [-0.4, -0.2) is 18.3 Å². The van der Waals surface area contributed by atoms with E-state index in [-0.39, 0.29) is 5.91 Å². The first kappa shape index (κ1) is 16.4. The number of aryl methyl sites for hydroxylation is 2. The van der Waals surface area contributed by atoms with Gasteiger partial charge in [-0.1, -0.05) is 17.7 Å². The summed E-state index contributed by atoms with van der Waals surface area (Å²) in [4.78, 5) is 13.4. The molecule has 1 unspecified atom stereocenters. The highest BCUT2D eigenvalue weighted by Gasteiger charge is 2.15. The van der Waals surface area contributed by atoms with Crippen molar-refractivity contribution in [3.05, 3.63) is 53.6 Å². The van der Waals surface area contributed by atoms with Crippen molar-refractivity contribution in [3.63, 3.8) is 0 Å². The first-order chi connectivity index (χ1) is 10.5. The van der Waals surface area contributed by atoms with E-state index >= 15 is 0 Å². The molecule has 2 aromatic carbocycles. The monoisotopic (exact) mass is 315 g/mol. The highest BCUT2D eigenvalue weighted by Crippen LogP contribution is 2.21. The van der Waals surface area contributed by atoms with Crippen LogP contribution in [-0.2, 0) is 4.79 Å². The first-order valence-corrected chi connectivity index (χ1v) is 8.41. The third-order valence-electron chi connectivity index (χ3n) is 3.36. The van der Waals surface area contributed by atoms with Gasteiger partial charge in [-0.2, -0.15) is 0 Å². The number of ether oxygens (including phenoxy) is 1. The van der Waals surface area contributed by atoms with Gasteiger partial charge in [0.1, 0.15) is 5.75 Å². The lowest BCUT2D eigenvalue weighted by atomic mass is 10.1. The molecule has 116 valence electrons. The minimum atomic E-state index is -0.554. The van der Waals surface area contributed by atoms with Crippen molar-refractivity contribution < 1.29 is 9.53 Å². The molecule has 0 fully saturated rings. The Hall–Kier alpha value is -1.94. The van der Waals surface area contributed by atoms with E-state index in [4.69, 9.17) is 4.74 Å². The predicted molar refractivity (Wildman–Crippen MR) is 92.9 cm³/mol. The maximum absolute atomic E-state index is 12.2. The smallest absolute Gasteiger partial charge is 0.265 e. The molecule has 0 saturated heterocycles. The second-order valence-corrected chi connectivity index (χ2v) is 6.13. The standard InChI is InChI=1S/C18H21NO2S/c1-12-5-10-17(13(2)11-12)21-14(3)18(20)19-15-6-8-16(22-4)9-7-15/h5-11,14H,1-4H3,(H,19,20). The van der Waals surface area contributed by atoms with Crippen LogP contribution in [0.15, 0.2) is 47.4 Å². The number of benzene rings is 2. The molecular formula is C18H21NO2S. The van der Waals surface area contributed by atoms with E-state index in [0.29, 0.717) is 0 Å². The molecule has 0 bridgehead atoms. The van der Waals surface area contributed by atoms with Gasteiger partial charge in [0.25, 0.3) is 5.91 Å². The van der Waals surface area contributed by atoms with Crippen molar-refractivity contribution in [2.24, 2.45) is 0 Å². The molecule has 1 amide bonds. The molecule has 0 aliphatic heterocycles. The summed E-state index contributed by atoms with van der Waals surface area (Å²) in [5, 5.41) is 2.87. The van der Waals surface area contributed by atoms with Crippen LogP contribution < -0.4 is 10.1 Å². The molecule has 0 saturated carbocycles. The van der Waals surface area contributed by atoms with Gasteiger partial charge in [0.05, 0.1) is 0 Å². The van der Waals surface area contributed by atoms with Gasteiger partial charge in [-0.25, -0.2) is 0 Å². The molecule has 1 N–H and O–H groups in total. The van der Waals surface area contributed by atoms with E-state index < -0.39 is 6.10 Å². The lowest BCUT2D eigenvalue weighted by molar-refractivity contribution is -0.122. The number of amides is 1. The molecular weight excluding hydrogens is 294 g/mol. The minimum Gasteiger partial charge on any atom is -0.481 e. The number of hydrogen-bond donors (Lipinski definition) is 1. The average molecular weight is 315 g/mol. The van der Waals surface area contributed by atoms with Crippen LogP contribution in [0.5, 0.6) is 5.75 Å². The van der Waals surface area contributed by atoms with Crippen LogP contribution in [0.4, 0.5) is 5.69 Å². The van der Waals surface area contributed by atoms with Crippen molar-refractivity contribution in [3.8, 4) is 5.75 Å². The number of carbonyl (C=O) groups is 1. The SMILES string of the molecule is CSc1ccc(NC(=O)C(C)Oc2ccc(C)cc2C)cc1. The molecule has 4 heteroatoms. The van der Waals surface area contributed by atoms with Crippen LogP contribution in [0, 0.1) is 13.8 Å². The van der Waals surface area contributed by atoms with Gasteiger partial charge in [-0.05, 0) is 62.9 Å². The first-order valence-electron chi connectivity index (χ1n) is 7.18. The molecule has 3 nitrogen and oxygen atoms in total. The summed E-state index contributed by atoms with van der Waals surface area (Å²) in [6.45, 7) is 5.77. The molecule has 0 aromatic heterocycles. The normalized spacial score (nSPS) is 11.8. The second kappa shape index (κ2) is 7.36. The van der Waals surface area contributed by atoms with E-state index in [1.807, 2.05) is 62.6 Å². The van der Waals surface area contributed by atoms with E-state index in [1.54, 1.807) is 18.7 Å². The number of hydrogen-bond acceptors (Lipinski definition) is 3. The Labute approximate surface area is 136 Å². The van der Waals surface area contributed by atoms with Gasteiger partial charge in [0.2, 0.25) is 0 Å². The Morgan fingerprint density at radius 3 is 2.41 bits per heavy atom. The number of thioether (sulfide) groups is 1. The van der Waals surface area contributed by atoms with Crippen molar-refractivity contribution >= 4 is 23.4 Å². The zero-order chi connectivity index (χ0) is 16.1. The second-order valence-electron chi connectivity index (χ2n) is 5.25. The Morgan fingerprint density at radius 1 is 1.14 bits per heavy atom. The quantitative estimate of drug-likeness (QED) is 0.829. The summed E-state index contributed by atoms with van der Waals surface area (Å²) in [6.07, 6.45) is 1.47. The third kappa shape index (κ3) is 4.28. The Balaban J connectivity index is 1.99. The summed E-state index contributed by atoms with van der Waals surface area (Å²) in [5.74, 6) is 0.586. The van der Waals surface area contributed by atoms with Gasteiger partial charge in [-0.15, -0.1) is 11.8 Å². The van der Waals surface area contributed by atoms with Gasteiger partial charge >= 0.3 is 0 Å². The lowest BCUT2D eigenvalue weighted by Gasteiger charge is -2.16. The number of nitrogens with one attached hydrogen (secondary N) is 1. The maximum atomic E-state index is 12.2. The molecule has 0 aliphatic carbocycles. The van der Waals surface area contributed by atoms with E-state index in [9.17, 15) is 4.79 Å². The van der Waals surface area contributed by atoms with Crippen LogP contribution in [0.2, 0.25) is 0 Å². The molecule has 0 spiro atoms. The molecule has 0 aliphatic rings.